The van der Waals surface area contributed by atoms with Crippen molar-refractivity contribution in [1.29, 1.82) is 0 Å². The van der Waals surface area contributed by atoms with E-state index in [-0.39, 0.29) is 30.8 Å². The van der Waals surface area contributed by atoms with Gasteiger partial charge in [-0.2, -0.15) is 0 Å². The molecule has 0 saturated heterocycles. The van der Waals surface area contributed by atoms with E-state index in [4.69, 9.17) is 0 Å². The molecule has 2 rings (SSSR count). The van der Waals surface area contributed by atoms with Crippen LogP contribution < -0.4 is 0 Å². The highest BCUT2D eigenvalue weighted by Gasteiger charge is 2.21. The second-order valence-corrected chi connectivity index (χ2v) is 6.37. The van der Waals surface area contributed by atoms with Crippen molar-refractivity contribution in [2.45, 2.75) is 19.3 Å². The molecule has 2 N–H and O–H groups in total. The Bertz CT molecular complexity index is 677. The molecule has 0 spiro atoms. The average Bonchev–Trinajstić information content (AvgIpc) is 2.51. The van der Waals surface area contributed by atoms with Gasteiger partial charge in [-0.3, -0.25) is 9.59 Å². The summed E-state index contributed by atoms with van der Waals surface area (Å²) in [6.45, 7) is 0. The zero-order chi connectivity index (χ0) is 16.8. The maximum Gasteiger partial charge on any atom is 0.307 e. The molecule has 0 bridgehead atoms. The number of carboxylic acid groups (broad SMARTS) is 1. The number of ketones is 1. The van der Waals surface area contributed by atoms with Crippen LogP contribution in [-0.2, 0) is 22.4 Å². The summed E-state index contributed by atoms with van der Waals surface area (Å²) in [5.74, 6) is -1.71. The van der Waals surface area contributed by atoms with Gasteiger partial charge in [0.05, 0.1) is 5.92 Å². The molecule has 2 aromatic rings. The summed E-state index contributed by atoms with van der Waals surface area (Å²) < 4.78 is 0.935. The monoisotopic (exact) mass is 376 g/mol. The highest BCUT2D eigenvalue weighted by atomic mass is 79.9. The van der Waals surface area contributed by atoms with Crippen LogP contribution in [0.4, 0.5) is 0 Å². The molecule has 0 heterocycles. The molecule has 1 atom stereocenters. The zero-order valence-corrected chi connectivity index (χ0v) is 14.0. The van der Waals surface area contributed by atoms with Crippen LogP contribution in [0, 0.1) is 5.92 Å². The number of Topliss-reactive ketones (excluding diaryl/α,β-unsaturated/α-hetero) is 1. The fraction of sp³-hybridized carbons (Fsp3) is 0.222. The number of phenolic OH excluding ortho intramolecular Hbond substituents is 1. The predicted octanol–water partition coefficient (Wildman–Crippen LogP) is 3.60. The minimum atomic E-state index is -0.984. The van der Waals surface area contributed by atoms with E-state index in [1.165, 1.54) is 12.1 Å². The van der Waals surface area contributed by atoms with Crippen molar-refractivity contribution in [3.63, 3.8) is 0 Å². The van der Waals surface area contributed by atoms with Gasteiger partial charge in [0.15, 0.2) is 0 Å². The molecule has 0 aliphatic heterocycles. The Balaban J connectivity index is 1.98. The van der Waals surface area contributed by atoms with Crippen LogP contribution in [0.5, 0.6) is 5.75 Å². The normalized spacial score (nSPS) is 11.9. The summed E-state index contributed by atoms with van der Waals surface area (Å²) in [6.07, 6.45) is 0.487. The van der Waals surface area contributed by atoms with E-state index in [0.29, 0.717) is 0 Å². The van der Waals surface area contributed by atoms with Gasteiger partial charge < -0.3 is 10.2 Å². The molecule has 4 nitrogen and oxygen atoms in total. The standard InChI is InChI=1S/C18H17BrO4/c19-15-5-1-13(2-6-15)10-17(21)11-14(18(22)23)9-12-3-7-16(20)8-4-12/h1-8,14,20H,9-11H2,(H,22,23). The molecule has 0 aliphatic rings. The molecule has 120 valence electrons. The predicted molar refractivity (Wildman–Crippen MR) is 90.4 cm³/mol. The molecular weight excluding hydrogens is 360 g/mol. The third kappa shape index (κ3) is 5.53. The number of carboxylic acids is 1. The molecule has 0 fully saturated rings. The third-order valence-electron chi connectivity index (χ3n) is 3.56. The van der Waals surface area contributed by atoms with Crippen LogP contribution in [0.3, 0.4) is 0 Å². The van der Waals surface area contributed by atoms with Gasteiger partial charge in [0, 0.05) is 17.3 Å². The second kappa shape index (κ2) is 7.92. The maximum absolute atomic E-state index is 12.1. The summed E-state index contributed by atoms with van der Waals surface area (Å²) in [4.78, 5) is 23.5. The van der Waals surface area contributed by atoms with E-state index >= 15 is 0 Å². The smallest absolute Gasteiger partial charge is 0.307 e. The van der Waals surface area contributed by atoms with Gasteiger partial charge in [-0.25, -0.2) is 0 Å². The van der Waals surface area contributed by atoms with E-state index in [1.807, 2.05) is 24.3 Å². The summed E-state index contributed by atoms with van der Waals surface area (Å²) in [6, 6.07) is 13.8. The van der Waals surface area contributed by atoms with Crippen LogP contribution in [0.1, 0.15) is 17.5 Å². The largest absolute Gasteiger partial charge is 0.508 e. The SMILES string of the molecule is O=C(Cc1ccc(Br)cc1)CC(Cc1ccc(O)cc1)C(=O)O. The van der Waals surface area contributed by atoms with Gasteiger partial charge in [-0.15, -0.1) is 0 Å². The zero-order valence-electron chi connectivity index (χ0n) is 12.4. The fourth-order valence-electron chi connectivity index (χ4n) is 2.34. The van der Waals surface area contributed by atoms with Crippen LogP contribution in [0.15, 0.2) is 53.0 Å². The number of hydrogen-bond donors (Lipinski definition) is 2. The molecule has 0 radical (unpaired) electrons. The van der Waals surface area contributed by atoms with Crippen molar-refractivity contribution in [3.05, 3.63) is 64.1 Å². The quantitative estimate of drug-likeness (QED) is 0.773. The highest BCUT2D eigenvalue weighted by Crippen LogP contribution is 2.18. The molecule has 2 aromatic carbocycles. The van der Waals surface area contributed by atoms with Crippen molar-refractivity contribution in [2.75, 3.05) is 0 Å². The molecule has 23 heavy (non-hydrogen) atoms. The first-order valence-electron chi connectivity index (χ1n) is 7.21. The Morgan fingerprint density at radius 3 is 2.09 bits per heavy atom. The summed E-state index contributed by atoms with van der Waals surface area (Å²) in [5, 5.41) is 18.6. The van der Waals surface area contributed by atoms with Crippen molar-refractivity contribution >= 4 is 27.7 Å². The summed E-state index contributed by atoms with van der Waals surface area (Å²) in [5.41, 5.74) is 1.65. The van der Waals surface area contributed by atoms with Gasteiger partial charge in [0.25, 0.3) is 0 Å². The number of hydrogen-bond acceptors (Lipinski definition) is 3. The number of phenols is 1. The van der Waals surface area contributed by atoms with Crippen LogP contribution in [0.2, 0.25) is 0 Å². The maximum atomic E-state index is 12.1. The average molecular weight is 377 g/mol. The highest BCUT2D eigenvalue weighted by molar-refractivity contribution is 9.10. The molecule has 0 saturated carbocycles. The number of benzene rings is 2. The Kier molecular flexibility index (Phi) is 5.93. The van der Waals surface area contributed by atoms with Crippen molar-refractivity contribution in [3.8, 4) is 5.75 Å². The minimum absolute atomic E-state index is 0.00766. The van der Waals surface area contributed by atoms with E-state index < -0.39 is 11.9 Å². The summed E-state index contributed by atoms with van der Waals surface area (Å²) >= 11 is 3.33. The van der Waals surface area contributed by atoms with Gasteiger partial charge in [-0.1, -0.05) is 40.2 Å². The molecule has 0 amide bonds. The van der Waals surface area contributed by atoms with Crippen molar-refractivity contribution in [1.82, 2.24) is 0 Å². The minimum Gasteiger partial charge on any atom is -0.508 e. The summed E-state index contributed by atoms with van der Waals surface area (Å²) in [7, 11) is 0. The number of carbonyl (C=O) groups is 2. The number of halogens is 1. The fourth-order valence-corrected chi connectivity index (χ4v) is 2.60. The first kappa shape index (κ1) is 17.2. The van der Waals surface area contributed by atoms with Gasteiger partial charge in [-0.05, 0) is 41.8 Å². The first-order valence-corrected chi connectivity index (χ1v) is 8.00. The van der Waals surface area contributed by atoms with Gasteiger partial charge >= 0.3 is 5.97 Å². The Morgan fingerprint density at radius 1 is 0.957 bits per heavy atom. The first-order chi connectivity index (χ1) is 10.9. The van der Waals surface area contributed by atoms with E-state index in [9.17, 15) is 19.8 Å². The Hall–Kier alpha value is -2.14. The lowest BCUT2D eigenvalue weighted by atomic mass is 9.92. The third-order valence-corrected chi connectivity index (χ3v) is 4.08. The molecule has 1 unspecified atom stereocenters. The lowest BCUT2D eigenvalue weighted by Gasteiger charge is -2.12. The number of carbonyl (C=O) groups excluding carboxylic acids is 1. The molecular formula is C18H17BrO4. The Labute approximate surface area is 142 Å². The van der Waals surface area contributed by atoms with Gasteiger partial charge in [0.2, 0.25) is 0 Å². The van der Waals surface area contributed by atoms with Crippen molar-refractivity contribution < 1.29 is 19.8 Å². The molecule has 5 heteroatoms. The lowest BCUT2D eigenvalue weighted by Crippen LogP contribution is -2.21. The lowest BCUT2D eigenvalue weighted by molar-refractivity contribution is -0.143. The second-order valence-electron chi connectivity index (χ2n) is 5.45. The number of rotatable bonds is 7. The van der Waals surface area contributed by atoms with E-state index in [1.54, 1.807) is 12.1 Å². The van der Waals surface area contributed by atoms with Crippen LogP contribution >= 0.6 is 15.9 Å². The van der Waals surface area contributed by atoms with E-state index in [0.717, 1.165) is 15.6 Å². The Morgan fingerprint density at radius 2 is 1.52 bits per heavy atom. The number of aromatic hydroxyl groups is 1. The van der Waals surface area contributed by atoms with E-state index in [2.05, 4.69) is 15.9 Å². The van der Waals surface area contributed by atoms with Gasteiger partial charge in [0.1, 0.15) is 11.5 Å². The van der Waals surface area contributed by atoms with Crippen molar-refractivity contribution in [2.24, 2.45) is 5.92 Å². The van der Waals surface area contributed by atoms with Crippen LogP contribution in [0.25, 0.3) is 0 Å². The number of aliphatic carboxylic acids is 1. The molecule has 0 aromatic heterocycles. The van der Waals surface area contributed by atoms with Crippen LogP contribution in [-0.4, -0.2) is 22.0 Å². The topological polar surface area (TPSA) is 74.6 Å². The molecule has 0 aliphatic carbocycles.